The normalized spacial score (nSPS) is 29.5. The molecule has 0 aromatic heterocycles. The first-order valence-corrected chi connectivity index (χ1v) is 33.3. The van der Waals surface area contributed by atoms with Gasteiger partial charge in [0.25, 0.3) is 0 Å². The van der Waals surface area contributed by atoms with Gasteiger partial charge in [-0.3, -0.25) is 4.79 Å². The van der Waals surface area contributed by atoms with Gasteiger partial charge in [-0.05, 0) is 12.8 Å². The molecule has 19 heteroatoms. The monoisotopic (exact) mass is 1180 g/mol. The van der Waals surface area contributed by atoms with Crippen LogP contribution in [0.3, 0.4) is 0 Å². The minimum Gasteiger partial charge on any atom is -0.394 e. The number of amides is 1. The fourth-order valence-corrected chi connectivity index (χ4v) is 11.7. The Labute approximate surface area is 493 Å². The molecule has 3 fully saturated rings. The summed E-state index contributed by atoms with van der Waals surface area (Å²) >= 11 is 0. The van der Waals surface area contributed by atoms with Gasteiger partial charge in [0, 0.05) is 6.42 Å². The molecule has 0 spiro atoms. The highest BCUT2D eigenvalue weighted by molar-refractivity contribution is 5.76. The van der Waals surface area contributed by atoms with Crippen LogP contribution in [-0.4, -0.2) is 193 Å². The van der Waals surface area contributed by atoms with Crippen LogP contribution in [0.25, 0.3) is 0 Å². The fraction of sp³-hybridized carbons (Fsp3) is 0.984. The molecule has 3 aliphatic heterocycles. The van der Waals surface area contributed by atoms with Gasteiger partial charge < -0.3 is 89.9 Å². The molecule has 19 nitrogen and oxygen atoms in total. The molecule has 0 radical (unpaired) electrons. The predicted molar refractivity (Wildman–Crippen MR) is 314 cm³/mol. The van der Waals surface area contributed by atoms with E-state index in [1.54, 1.807) is 0 Å². The van der Waals surface area contributed by atoms with Crippen molar-refractivity contribution in [2.75, 3.05) is 26.4 Å². The molecule has 3 rings (SSSR count). The van der Waals surface area contributed by atoms with Crippen LogP contribution in [0, 0.1) is 0 Å². The van der Waals surface area contributed by atoms with Gasteiger partial charge in [0.1, 0.15) is 73.2 Å². The van der Waals surface area contributed by atoms with Crippen LogP contribution in [-0.2, 0) is 33.2 Å². The number of hydrogen-bond acceptors (Lipinski definition) is 18. The minimum absolute atomic E-state index is 0.239. The van der Waals surface area contributed by atoms with E-state index in [1.807, 2.05) is 0 Å². The summed E-state index contributed by atoms with van der Waals surface area (Å²) in [6.07, 6.45) is 20.5. The first-order chi connectivity index (χ1) is 39.8. The zero-order valence-corrected chi connectivity index (χ0v) is 51.0. The maximum Gasteiger partial charge on any atom is 0.220 e. The van der Waals surface area contributed by atoms with Crippen molar-refractivity contribution in [1.82, 2.24) is 5.32 Å². The highest BCUT2D eigenvalue weighted by Gasteiger charge is 2.53. The van der Waals surface area contributed by atoms with Crippen molar-refractivity contribution in [2.24, 2.45) is 0 Å². The number of hydrogen-bond donors (Lipinski definition) is 12. The average Bonchev–Trinajstić information content (AvgIpc) is 3.66. The molecular weight excluding hydrogens is 1060 g/mol. The van der Waals surface area contributed by atoms with Crippen LogP contribution in [0.15, 0.2) is 0 Å². The third kappa shape index (κ3) is 29.7. The molecule has 82 heavy (non-hydrogen) atoms. The minimum atomic E-state index is -1.97. The molecule has 17 atom stereocenters. The Morgan fingerprint density at radius 1 is 0.390 bits per heavy atom. The van der Waals surface area contributed by atoms with Crippen molar-refractivity contribution in [3.8, 4) is 0 Å². The van der Waals surface area contributed by atoms with E-state index in [-0.39, 0.29) is 18.9 Å². The zero-order chi connectivity index (χ0) is 59.7. The lowest BCUT2D eigenvalue weighted by Gasteiger charge is -2.48. The van der Waals surface area contributed by atoms with E-state index in [0.29, 0.717) is 12.8 Å². The first kappa shape index (κ1) is 75.0. The van der Waals surface area contributed by atoms with Crippen molar-refractivity contribution in [3.63, 3.8) is 0 Å². The maximum absolute atomic E-state index is 13.3. The third-order valence-corrected chi connectivity index (χ3v) is 17.2. The first-order valence-electron chi connectivity index (χ1n) is 33.3. The van der Waals surface area contributed by atoms with E-state index < -0.39 is 124 Å². The Hall–Kier alpha value is -1.21. The van der Waals surface area contributed by atoms with E-state index >= 15 is 0 Å². The summed E-state index contributed by atoms with van der Waals surface area (Å²) < 4.78 is 34.4. The highest BCUT2D eigenvalue weighted by atomic mass is 16.8. The second-order valence-corrected chi connectivity index (χ2v) is 24.3. The summed E-state index contributed by atoms with van der Waals surface area (Å²) in [4.78, 5) is 13.3. The van der Waals surface area contributed by atoms with Gasteiger partial charge in [0.15, 0.2) is 18.9 Å². The van der Waals surface area contributed by atoms with Gasteiger partial charge in [0.05, 0.1) is 38.6 Å². The molecule has 0 aliphatic carbocycles. The number of aliphatic hydroxyl groups is 11. The molecule has 17 unspecified atom stereocenters. The van der Waals surface area contributed by atoms with Crippen molar-refractivity contribution in [3.05, 3.63) is 0 Å². The molecule has 0 aromatic carbocycles. The van der Waals surface area contributed by atoms with Crippen LogP contribution < -0.4 is 5.32 Å². The SMILES string of the molecule is CCCCCCCCCCCCCCCCCCCCCCCCCCCC(O)C(COC1OC(CO)C(OC2OC(CO)C(OC3OC(CO)C(O)C(O)C3O)C(O)C2O)C(O)C1O)NC(=O)CCCCCCCCCCCCCC. The third-order valence-electron chi connectivity index (χ3n) is 17.2. The lowest BCUT2D eigenvalue weighted by molar-refractivity contribution is -0.379. The molecule has 12 N–H and O–H groups in total. The second-order valence-electron chi connectivity index (χ2n) is 24.3. The predicted octanol–water partition coefficient (Wildman–Crippen LogP) is 7.55. The quantitative estimate of drug-likeness (QED) is 0.0262. The number of nitrogens with one attached hydrogen (secondary N) is 1. The lowest BCUT2D eigenvalue weighted by Crippen LogP contribution is -2.66. The summed E-state index contributed by atoms with van der Waals surface area (Å²) in [7, 11) is 0. The smallest absolute Gasteiger partial charge is 0.220 e. The van der Waals surface area contributed by atoms with Crippen LogP contribution in [0.5, 0.6) is 0 Å². The van der Waals surface area contributed by atoms with E-state index in [4.69, 9.17) is 28.4 Å². The number of rotatable bonds is 51. The lowest BCUT2D eigenvalue weighted by atomic mass is 9.96. The number of carbonyl (C=O) groups excluding carboxylic acids is 1. The van der Waals surface area contributed by atoms with Gasteiger partial charge in [-0.25, -0.2) is 0 Å². The van der Waals surface area contributed by atoms with E-state index in [9.17, 15) is 61.0 Å². The molecule has 486 valence electrons. The standard InChI is InChI=1S/C63H121NO18/c1-3-5-7-9-11-13-15-17-18-19-20-21-22-23-24-25-26-27-28-29-30-32-34-36-38-40-47(68)46(64-51(69)41-39-37-35-33-31-16-14-12-10-8-6-4-2)45-77-61-57(75)54(72)59(49(43-66)79-61)82-63-58(76)55(73)60(50(44-67)80-63)81-62-56(74)53(71)52(70)48(42-65)78-62/h46-50,52-63,65-68,70-76H,3-45H2,1-2H3,(H,64,69). The Morgan fingerprint density at radius 2 is 0.695 bits per heavy atom. The Kier molecular flexibility index (Phi) is 42.9. The van der Waals surface area contributed by atoms with E-state index in [2.05, 4.69) is 19.2 Å². The van der Waals surface area contributed by atoms with Crippen molar-refractivity contribution in [1.29, 1.82) is 0 Å². The average molecular weight is 1180 g/mol. The Balaban J connectivity index is 1.42. The van der Waals surface area contributed by atoms with Gasteiger partial charge in [-0.1, -0.05) is 245 Å². The van der Waals surface area contributed by atoms with Gasteiger partial charge in [-0.2, -0.15) is 0 Å². The van der Waals surface area contributed by atoms with Gasteiger partial charge in [0.2, 0.25) is 5.91 Å². The molecule has 3 aliphatic rings. The van der Waals surface area contributed by atoms with Gasteiger partial charge >= 0.3 is 0 Å². The van der Waals surface area contributed by atoms with E-state index in [1.165, 1.54) is 186 Å². The molecule has 0 saturated carbocycles. The fourth-order valence-electron chi connectivity index (χ4n) is 11.7. The van der Waals surface area contributed by atoms with Crippen molar-refractivity contribution < 1.29 is 89.4 Å². The highest BCUT2D eigenvalue weighted by Crippen LogP contribution is 2.33. The molecule has 1 amide bonds. The van der Waals surface area contributed by atoms with Crippen LogP contribution >= 0.6 is 0 Å². The summed E-state index contributed by atoms with van der Waals surface area (Å²) in [6.45, 7) is 1.82. The maximum atomic E-state index is 13.3. The molecule has 0 aromatic rings. The van der Waals surface area contributed by atoms with E-state index in [0.717, 1.165) is 44.9 Å². The summed E-state index contributed by atoms with van der Waals surface area (Å²) in [5.74, 6) is -0.239. The molecule has 3 heterocycles. The molecule has 0 bridgehead atoms. The number of ether oxygens (including phenoxy) is 6. The van der Waals surface area contributed by atoms with Crippen LogP contribution in [0.4, 0.5) is 0 Å². The topological polar surface area (TPSA) is 307 Å². The van der Waals surface area contributed by atoms with Crippen LogP contribution in [0.1, 0.15) is 264 Å². The number of aliphatic hydroxyl groups excluding tert-OH is 11. The summed E-state index contributed by atoms with van der Waals surface area (Å²) in [6, 6.07) is -0.880. The van der Waals surface area contributed by atoms with Crippen molar-refractivity contribution in [2.45, 2.75) is 369 Å². The second kappa shape index (κ2) is 46.9. The summed E-state index contributed by atoms with van der Waals surface area (Å²) in [5.41, 5.74) is 0. The molecule has 3 saturated heterocycles. The number of carbonyl (C=O) groups is 1. The molecular formula is C63H121NO18. The zero-order valence-electron chi connectivity index (χ0n) is 51.0. The van der Waals surface area contributed by atoms with Crippen molar-refractivity contribution >= 4 is 5.91 Å². The van der Waals surface area contributed by atoms with Gasteiger partial charge in [-0.15, -0.1) is 0 Å². The van der Waals surface area contributed by atoms with Crippen LogP contribution in [0.2, 0.25) is 0 Å². The summed E-state index contributed by atoms with van der Waals surface area (Å²) in [5, 5.41) is 120. The Morgan fingerprint density at radius 3 is 1.06 bits per heavy atom. The number of unbranched alkanes of at least 4 members (excludes halogenated alkanes) is 35. The Bertz CT molecular complexity index is 1500. The largest absolute Gasteiger partial charge is 0.394 e.